The third-order valence-corrected chi connectivity index (χ3v) is 4.75. The van der Waals surface area contributed by atoms with Crippen LogP contribution in [0.5, 0.6) is 0 Å². The molecular weight excluding hydrogens is 310 g/mol. The van der Waals surface area contributed by atoms with Crippen LogP contribution in [-0.2, 0) is 16.8 Å². The standard InChI is InChI=1S/C21H25N3O/c1-15(16-10-6-5-7-11-16)22-23-19(25)21(4)18-13-9-8-12-17(18)14-20(2,3)24-21/h5-13,24H,14H2,1-4H3,(H,23,25)/b22-15-/t21-/m1/s1. The zero-order valence-electron chi connectivity index (χ0n) is 15.3. The summed E-state index contributed by atoms with van der Waals surface area (Å²) in [5, 5.41) is 7.82. The quantitative estimate of drug-likeness (QED) is 0.667. The number of hydrogen-bond donors (Lipinski definition) is 2. The van der Waals surface area contributed by atoms with Gasteiger partial charge in [0, 0.05) is 5.54 Å². The van der Waals surface area contributed by atoms with Gasteiger partial charge in [0.25, 0.3) is 5.91 Å². The fourth-order valence-electron chi connectivity index (χ4n) is 3.60. The van der Waals surface area contributed by atoms with Gasteiger partial charge in [0.15, 0.2) is 0 Å². The van der Waals surface area contributed by atoms with Gasteiger partial charge in [-0.2, -0.15) is 5.10 Å². The molecule has 4 heteroatoms. The van der Waals surface area contributed by atoms with Crippen LogP contribution in [0, 0.1) is 0 Å². The minimum Gasteiger partial charge on any atom is -0.294 e. The predicted octanol–water partition coefficient (Wildman–Crippen LogP) is 3.37. The van der Waals surface area contributed by atoms with Crippen molar-refractivity contribution in [2.75, 3.05) is 0 Å². The van der Waals surface area contributed by atoms with Crippen LogP contribution in [0.4, 0.5) is 0 Å². The molecule has 0 bridgehead atoms. The predicted molar refractivity (Wildman–Crippen MR) is 102 cm³/mol. The van der Waals surface area contributed by atoms with Gasteiger partial charge in [-0.15, -0.1) is 0 Å². The number of hydrazone groups is 1. The van der Waals surface area contributed by atoms with Crippen LogP contribution in [0.25, 0.3) is 0 Å². The molecule has 1 aliphatic heterocycles. The lowest BCUT2D eigenvalue weighted by atomic mass is 9.76. The Morgan fingerprint density at radius 1 is 1.04 bits per heavy atom. The number of fused-ring (bicyclic) bond motifs is 1. The first-order valence-electron chi connectivity index (χ1n) is 8.60. The molecule has 0 spiro atoms. The van der Waals surface area contributed by atoms with Gasteiger partial charge in [-0.05, 0) is 50.8 Å². The molecule has 4 nitrogen and oxygen atoms in total. The van der Waals surface area contributed by atoms with Crippen LogP contribution in [0.2, 0.25) is 0 Å². The first-order valence-corrected chi connectivity index (χ1v) is 8.60. The minimum absolute atomic E-state index is 0.150. The van der Waals surface area contributed by atoms with Gasteiger partial charge in [-0.1, -0.05) is 54.6 Å². The number of nitrogens with one attached hydrogen (secondary N) is 2. The average Bonchev–Trinajstić information content (AvgIpc) is 2.59. The third-order valence-electron chi connectivity index (χ3n) is 4.75. The Bertz CT molecular complexity index is 811. The zero-order valence-corrected chi connectivity index (χ0v) is 15.3. The van der Waals surface area contributed by atoms with E-state index in [-0.39, 0.29) is 11.4 Å². The second-order valence-corrected chi connectivity index (χ2v) is 7.47. The summed E-state index contributed by atoms with van der Waals surface area (Å²) < 4.78 is 0. The maximum Gasteiger partial charge on any atom is 0.264 e. The van der Waals surface area contributed by atoms with Crippen molar-refractivity contribution in [2.24, 2.45) is 5.10 Å². The van der Waals surface area contributed by atoms with E-state index in [0.29, 0.717) is 0 Å². The highest BCUT2D eigenvalue weighted by molar-refractivity contribution is 5.99. The lowest BCUT2D eigenvalue weighted by molar-refractivity contribution is -0.128. The molecule has 1 heterocycles. The summed E-state index contributed by atoms with van der Waals surface area (Å²) in [6.45, 7) is 8.06. The highest BCUT2D eigenvalue weighted by Gasteiger charge is 2.44. The molecule has 0 saturated heterocycles. The van der Waals surface area contributed by atoms with Crippen LogP contribution in [0.1, 0.15) is 44.4 Å². The average molecular weight is 335 g/mol. The lowest BCUT2D eigenvalue weighted by Crippen LogP contribution is -2.62. The molecule has 0 fully saturated rings. The van der Waals surface area contributed by atoms with Gasteiger partial charge in [0.05, 0.1) is 5.71 Å². The maximum absolute atomic E-state index is 13.0. The van der Waals surface area contributed by atoms with E-state index in [1.807, 2.05) is 62.4 Å². The molecule has 2 aromatic carbocycles. The Hall–Kier alpha value is -2.46. The van der Waals surface area contributed by atoms with Gasteiger partial charge in [-0.25, -0.2) is 5.43 Å². The molecule has 0 saturated carbocycles. The molecule has 1 aliphatic rings. The highest BCUT2D eigenvalue weighted by atomic mass is 16.2. The molecule has 0 radical (unpaired) electrons. The van der Waals surface area contributed by atoms with Gasteiger partial charge in [0.1, 0.15) is 5.54 Å². The van der Waals surface area contributed by atoms with E-state index in [2.05, 4.69) is 35.8 Å². The van der Waals surface area contributed by atoms with Crippen LogP contribution < -0.4 is 10.7 Å². The zero-order chi connectivity index (χ0) is 18.1. The molecule has 1 amide bonds. The largest absolute Gasteiger partial charge is 0.294 e. The first kappa shape index (κ1) is 17.4. The van der Waals surface area contributed by atoms with Crippen LogP contribution in [-0.4, -0.2) is 17.2 Å². The van der Waals surface area contributed by atoms with Gasteiger partial charge in [-0.3, -0.25) is 10.1 Å². The second-order valence-electron chi connectivity index (χ2n) is 7.47. The number of benzene rings is 2. The number of rotatable bonds is 3. The summed E-state index contributed by atoms with van der Waals surface area (Å²) in [6.07, 6.45) is 0.887. The van der Waals surface area contributed by atoms with Crippen LogP contribution in [0.3, 0.4) is 0 Å². The van der Waals surface area contributed by atoms with E-state index in [1.165, 1.54) is 5.56 Å². The molecule has 1 atom stereocenters. The Balaban J connectivity index is 1.88. The molecule has 2 aromatic rings. The van der Waals surface area contributed by atoms with Crippen molar-refractivity contribution in [3.8, 4) is 0 Å². The molecule has 25 heavy (non-hydrogen) atoms. The summed E-state index contributed by atoms with van der Waals surface area (Å²) >= 11 is 0. The van der Waals surface area contributed by atoms with E-state index >= 15 is 0 Å². The summed E-state index contributed by atoms with van der Waals surface area (Å²) in [6, 6.07) is 17.9. The van der Waals surface area contributed by atoms with Crippen molar-refractivity contribution in [3.63, 3.8) is 0 Å². The summed E-state index contributed by atoms with van der Waals surface area (Å²) in [5.41, 5.74) is 5.75. The van der Waals surface area contributed by atoms with E-state index in [9.17, 15) is 4.79 Å². The SMILES string of the molecule is C/C(=N/NC(=O)[C@]1(C)NC(C)(C)Cc2ccccc21)c1ccccc1. The Labute approximate surface area is 149 Å². The summed E-state index contributed by atoms with van der Waals surface area (Å²) in [4.78, 5) is 13.0. The molecule has 0 aliphatic carbocycles. The smallest absolute Gasteiger partial charge is 0.264 e. The van der Waals surface area contributed by atoms with Crippen molar-refractivity contribution in [1.82, 2.24) is 10.7 Å². The molecule has 130 valence electrons. The van der Waals surface area contributed by atoms with Crippen LogP contribution in [0.15, 0.2) is 59.7 Å². The topological polar surface area (TPSA) is 53.5 Å². The van der Waals surface area contributed by atoms with E-state index in [0.717, 1.165) is 23.3 Å². The van der Waals surface area contributed by atoms with Crippen LogP contribution >= 0.6 is 0 Å². The first-order chi connectivity index (χ1) is 11.8. The second kappa shape index (κ2) is 6.45. The Kier molecular flexibility index (Phi) is 4.48. The Morgan fingerprint density at radius 2 is 1.68 bits per heavy atom. The molecular formula is C21H25N3O. The number of hydrogen-bond acceptors (Lipinski definition) is 3. The number of nitrogens with zero attached hydrogens (tertiary/aromatic N) is 1. The lowest BCUT2D eigenvalue weighted by Gasteiger charge is -2.44. The van der Waals surface area contributed by atoms with Gasteiger partial charge in [0.2, 0.25) is 0 Å². The summed E-state index contributed by atoms with van der Waals surface area (Å²) in [5.74, 6) is -0.150. The molecule has 3 rings (SSSR count). The third kappa shape index (κ3) is 3.49. The fourth-order valence-corrected chi connectivity index (χ4v) is 3.60. The van der Waals surface area contributed by atoms with Gasteiger partial charge >= 0.3 is 0 Å². The fraction of sp³-hybridized carbons (Fsp3) is 0.333. The number of amides is 1. The molecule has 2 N–H and O–H groups in total. The van der Waals surface area contributed by atoms with E-state index < -0.39 is 5.54 Å². The maximum atomic E-state index is 13.0. The Morgan fingerprint density at radius 3 is 2.40 bits per heavy atom. The monoisotopic (exact) mass is 335 g/mol. The number of carbonyl (C=O) groups excluding carboxylic acids is 1. The highest BCUT2D eigenvalue weighted by Crippen LogP contribution is 2.34. The van der Waals surface area contributed by atoms with E-state index in [1.54, 1.807) is 0 Å². The summed E-state index contributed by atoms with van der Waals surface area (Å²) in [7, 11) is 0. The van der Waals surface area contributed by atoms with E-state index in [4.69, 9.17) is 0 Å². The van der Waals surface area contributed by atoms with Crippen molar-refractivity contribution in [3.05, 3.63) is 71.3 Å². The van der Waals surface area contributed by atoms with Gasteiger partial charge < -0.3 is 0 Å². The molecule has 0 unspecified atom stereocenters. The number of carbonyl (C=O) groups is 1. The normalized spacial score (nSPS) is 22.2. The van der Waals surface area contributed by atoms with Crippen molar-refractivity contribution < 1.29 is 4.79 Å². The minimum atomic E-state index is -0.821. The van der Waals surface area contributed by atoms with Crippen molar-refractivity contribution >= 4 is 11.6 Å². The van der Waals surface area contributed by atoms with Crippen molar-refractivity contribution in [2.45, 2.75) is 45.2 Å². The molecule has 0 aromatic heterocycles. The van der Waals surface area contributed by atoms with Crippen molar-refractivity contribution in [1.29, 1.82) is 0 Å².